The Morgan fingerprint density at radius 2 is 0.840 bits per heavy atom. The average Bonchev–Trinajstić information content (AvgIpc) is 3.18. The minimum Gasteiger partial charge on any atom is -0.453 e. The third kappa shape index (κ3) is 5.06. The van der Waals surface area contributed by atoms with E-state index in [1.807, 2.05) is 152 Å². The van der Waals surface area contributed by atoms with Gasteiger partial charge in [0.2, 0.25) is 0 Å². The number of allylic oxidation sites excluding steroid dienone is 4. The smallest absolute Gasteiger partial charge is 0.192 e. The Morgan fingerprint density at radius 1 is 0.460 bits per heavy atom. The van der Waals surface area contributed by atoms with E-state index in [0.29, 0.717) is 35.1 Å². The quantitative estimate of drug-likeness (QED) is 0.167. The van der Waals surface area contributed by atoms with Gasteiger partial charge < -0.3 is 19.3 Å². The summed E-state index contributed by atoms with van der Waals surface area (Å²) in [7, 11) is 0. The molecular formula is C44H30N2O4. The van der Waals surface area contributed by atoms with Gasteiger partial charge in [-0.2, -0.15) is 0 Å². The maximum atomic E-state index is 13.8. The van der Waals surface area contributed by atoms with Crippen LogP contribution in [0.2, 0.25) is 0 Å². The maximum absolute atomic E-state index is 13.8. The molecule has 0 saturated heterocycles. The molecule has 0 N–H and O–H groups in total. The third-order valence-electron chi connectivity index (χ3n) is 9.30. The molecule has 1 aliphatic carbocycles. The number of benzene rings is 6. The second-order valence-electron chi connectivity index (χ2n) is 12.4. The molecule has 6 nitrogen and oxygen atoms in total. The fraction of sp³-hybridized carbons (Fsp3) is 0.0455. The van der Waals surface area contributed by atoms with Crippen LogP contribution < -0.4 is 19.3 Å². The van der Waals surface area contributed by atoms with Gasteiger partial charge in [-0.15, -0.1) is 0 Å². The van der Waals surface area contributed by atoms with Crippen LogP contribution in [0.25, 0.3) is 0 Å². The first kappa shape index (κ1) is 29.5. The summed E-state index contributed by atoms with van der Waals surface area (Å²) in [6.07, 6.45) is 4.89. The predicted octanol–water partition coefficient (Wildman–Crippen LogP) is 11.5. The maximum Gasteiger partial charge on any atom is 0.192 e. The average molecular weight is 651 g/mol. The van der Waals surface area contributed by atoms with E-state index in [1.165, 1.54) is 0 Å². The molecule has 0 bridgehead atoms. The van der Waals surface area contributed by atoms with Crippen LogP contribution >= 0.6 is 0 Å². The lowest BCUT2D eigenvalue weighted by Gasteiger charge is -2.32. The van der Waals surface area contributed by atoms with Crippen molar-refractivity contribution in [1.29, 1.82) is 0 Å². The van der Waals surface area contributed by atoms with E-state index in [9.17, 15) is 9.59 Å². The molecule has 2 heterocycles. The molecule has 6 heteroatoms. The van der Waals surface area contributed by atoms with E-state index in [1.54, 1.807) is 6.08 Å². The minimum absolute atomic E-state index is 0.0716. The summed E-state index contributed by atoms with van der Waals surface area (Å²) in [5.41, 5.74) is 7.87. The summed E-state index contributed by atoms with van der Waals surface area (Å²) in [5, 5.41) is 0. The third-order valence-corrected chi connectivity index (χ3v) is 9.30. The van der Waals surface area contributed by atoms with Crippen LogP contribution in [0.4, 0.5) is 34.1 Å². The Labute approximate surface area is 289 Å². The van der Waals surface area contributed by atoms with Crippen molar-refractivity contribution in [3.05, 3.63) is 180 Å². The van der Waals surface area contributed by atoms with Gasteiger partial charge in [0.05, 0.1) is 22.7 Å². The van der Waals surface area contributed by atoms with Crippen LogP contribution in [0, 0.1) is 0 Å². The highest BCUT2D eigenvalue weighted by molar-refractivity contribution is 6.15. The molecule has 6 aromatic carbocycles. The molecule has 0 amide bonds. The van der Waals surface area contributed by atoms with Gasteiger partial charge in [0, 0.05) is 33.6 Å². The van der Waals surface area contributed by atoms with Gasteiger partial charge in [-0.3, -0.25) is 9.59 Å². The zero-order valence-electron chi connectivity index (χ0n) is 27.0. The standard InChI is InChI=1S/C44H30N2O4/c47-43(29-20-24-33(25-21-29)45-35-12-1-5-16-39(35)49-40-17-6-2-13-36(40)45)31-10-9-11-32(28-31)44(48)30-22-26-34(27-23-30)46-37-14-3-7-18-41(37)50-42-19-8-4-15-38(42)46/h1-8,10,12-28H,9,11H2. The van der Waals surface area contributed by atoms with Crippen LogP contribution in [-0.2, 0) is 0 Å². The first-order valence-corrected chi connectivity index (χ1v) is 16.6. The number of anilines is 6. The van der Waals surface area contributed by atoms with Crippen LogP contribution in [0.1, 0.15) is 33.6 Å². The predicted molar refractivity (Wildman–Crippen MR) is 196 cm³/mol. The normalized spacial score (nSPS) is 14.1. The highest BCUT2D eigenvalue weighted by Gasteiger charge is 2.27. The Morgan fingerprint density at radius 3 is 1.26 bits per heavy atom. The number of carbonyl (C=O) groups is 2. The minimum atomic E-state index is -0.107. The SMILES string of the molecule is O=C(C1=CCCC(C(=O)c2ccc(N3c4ccccc4Oc4ccccc43)cc2)=C1)c1ccc(N2c3ccccc3Oc3ccccc32)cc1. The summed E-state index contributed by atoms with van der Waals surface area (Å²) in [6.45, 7) is 0. The fourth-order valence-electron chi connectivity index (χ4n) is 6.88. The second-order valence-corrected chi connectivity index (χ2v) is 12.4. The number of hydrogen-bond acceptors (Lipinski definition) is 6. The summed E-state index contributed by atoms with van der Waals surface area (Å²) >= 11 is 0. The lowest BCUT2D eigenvalue weighted by molar-refractivity contribution is 0.103. The number of hydrogen-bond donors (Lipinski definition) is 0. The lowest BCUT2D eigenvalue weighted by atomic mass is 9.90. The van der Waals surface area contributed by atoms with Crippen molar-refractivity contribution in [2.24, 2.45) is 0 Å². The zero-order valence-corrected chi connectivity index (χ0v) is 27.0. The molecule has 0 aromatic heterocycles. The summed E-state index contributed by atoms with van der Waals surface area (Å²) in [4.78, 5) is 31.8. The highest BCUT2D eigenvalue weighted by atomic mass is 16.5. The van der Waals surface area contributed by atoms with Crippen molar-refractivity contribution in [3.63, 3.8) is 0 Å². The molecule has 0 atom stereocenters. The number of Topliss-reactive ketones (excluding diaryl/α,β-unsaturated/α-hetero) is 2. The molecule has 2 aliphatic heterocycles. The van der Waals surface area contributed by atoms with Gasteiger partial charge in [0.1, 0.15) is 0 Å². The van der Waals surface area contributed by atoms with Crippen molar-refractivity contribution in [2.75, 3.05) is 9.80 Å². The fourth-order valence-corrected chi connectivity index (χ4v) is 6.88. The molecule has 50 heavy (non-hydrogen) atoms. The zero-order chi connectivity index (χ0) is 33.6. The highest BCUT2D eigenvalue weighted by Crippen LogP contribution is 2.51. The van der Waals surface area contributed by atoms with Gasteiger partial charge in [-0.25, -0.2) is 0 Å². The molecule has 240 valence electrons. The van der Waals surface area contributed by atoms with Crippen LogP contribution in [0.3, 0.4) is 0 Å². The van der Waals surface area contributed by atoms with Crippen molar-refractivity contribution >= 4 is 45.7 Å². The Hall–Kier alpha value is -6.66. The van der Waals surface area contributed by atoms with Gasteiger partial charge in [-0.05, 0) is 116 Å². The summed E-state index contributed by atoms with van der Waals surface area (Å²) in [5.74, 6) is 2.91. The van der Waals surface area contributed by atoms with Gasteiger partial charge >= 0.3 is 0 Å². The monoisotopic (exact) mass is 650 g/mol. The molecule has 0 fully saturated rings. The van der Waals surface area contributed by atoms with E-state index < -0.39 is 0 Å². The van der Waals surface area contributed by atoms with Crippen molar-refractivity contribution in [2.45, 2.75) is 12.8 Å². The van der Waals surface area contributed by atoms with Crippen molar-refractivity contribution in [1.82, 2.24) is 0 Å². The molecule has 0 radical (unpaired) electrons. The topological polar surface area (TPSA) is 59.1 Å². The second kappa shape index (κ2) is 12.1. The van der Waals surface area contributed by atoms with Crippen LogP contribution in [0.15, 0.2) is 169 Å². The number of rotatable bonds is 6. The number of ketones is 2. The summed E-state index contributed by atoms with van der Waals surface area (Å²) in [6, 6.07) is 46.9. The number of ether oxygens (including phenoxy) is 2. The lowest BCUT2D eigenvalue weighted by Crippen LogP contribution is -2.16. The van der Waals surface area contributed by atoms with Gasteiger partial charge in [-0.1, -0.05) is 54.6 Å². The number of para-hydroxylation sites is 8. The van der Waals surface area contributed by atoms with Gasteiger partial charge in [0.25, 0.3) is 0 Å². The first-order valence-electron chi connectivity index (χ1n) is 16.6. The number of fused-ring (bicyclic) bond motifs is 4. The van der Waals surface area contributed by atoms with E-state index in [-0.39, 0.29) is 11.6 Å². The Bertz CT molecular complexity index is 2280. The molecule has 0 spiro atoms. The molecule has 9 rings (SSSR count). The molecule has 0 unspecified atom stereocenters. The largest absolute Gasteiger partial charge is 0.453 e. The van der Waals surface area contributed by atoms with E-state index >= 15 is 0 Å². The molecule has 3 aliphatic rings. The molecule has 6 aromatic rings. The van der Waals surface area contributed by atoms with Crippen LogP contribution in [0.5, 0.6) is 23.0 Å². The van der Waals surface area contributed by atoms with E-state index in [4.69, 9.17) is 9.47 Å². The summed E-state index contributed by atoms with van der Waals surface area (Å²) < 4.78 is 12.3. The Balaban J connectivity index is 0.954. The van der Waals surface area contributed by atoms with E-state index in [0.717, 1.165) is 57.1 Å². The Kier molecular flexibility index (Phi) is 7.13. The number of carbonyl (C=O) groups excluding carboxylic acids is 2. The van der Waals surface area contributed by atoms with Crippen LogP contribution in [-0.4, -0.2) is 11.6 Å². The van der Waals surface area contributed by atoms with Gasteiger partial charge in [0.15, 0.2) is 34.6 Å². The van der Waals surface area contributed by atoms with Crippen molar-refractivity contribution < 1.29 is 19.1 Å². The van der Waals surface area contributed by atoms with Crippen molar-refractivity contribution in [3.8, 4) is 23.0 Å². The van der Waals surface area contributed by atoms with E-state index in [2.05, 4.69) is 9.80 Å². The first-order chi connectivity index (χ1) is 24.6. The molecule has 0 saturated carbocycles. The number of nitrogens with zero attached hydrogens (tertiary/aromatic N) is 2. The molecular weight excluding hydrogens is 620 g/mol.